The van der Waals surface area contributed by atoms with Crippen molar-refractivity contribution in [2.75, 3.05) is 6.54 Å². The number of amides is 1. The fourth-order valence-corrected chi connectivity index (χ4v) is 2.14. The van der Waals surface area contributed by atoms with Gasteiger partial charge in [-0.1, -0.05) is 26.8 Å². The maximum atomic E-state index is 11.9. The molecule has 1 fully saturated rings. The van der Waals surface area contributed by atoms with Gasteiger partial charge in [-0.2, -0.15) is 0 Å². The Labute approximate surface area is 91.3 Å². The van der Waals surface area contributed by atoms with Crippen molar-refractivity contribution in [1.29, 1.82) is 0 Å². The molecule has 3 nitrogen and oxygen atoms in total. The molecule has 0 aromatic carbocycles. The highest BCUT2D eigenvalue weighted by molar-refractivity contribution is 5.82. The average Bonchev–Trinajstić information content (AvgIpc) is 2.74. The van der Waals surface area contributed by atoms with Gasteiger partial charge in [-0.15, -0.1) is 0 Å². The van der Waals surface area contributed by atoms with Crippen molar-refractivity contribution < 1.29 is 4.79 Å². The van der Waals surface area contributed by atoms with Gasteiger partial charge in [-0.05, 0) is 24.5 Å². The smallest absolute Gasteiger partial charge is 0.229 e. The first-order valence-corrected chi connectivity index (χ1v) is 5.67. The average molecular weight is 208 g/mol. The molecule has 0 spiro atoms. The topological polar surface area (TPSA) is 41.1 Å². The van der Waals surface area contributed by atoms with Crippen LogP contribution in [-0.2, 0) is 4.79 Å². The van der Waals surface area contributed by atoms with Crippen molar-refractivity contribution in [2.45, 2.75) is 39.2 Å². The summed E-state index contributed by atoms with van der Waals surface area (Å²) in [5, 5.41) is 6.28. The van der Waals surface area contributed by atoms with E-state index < -0.39 is 0 Å². The van der Waals surface area contributed by atoms with Crippen LogP contribution in [0.1, 0.15) is 33.6 Å². The summed E-state index contributed by atoms with van der Waals surface area (Å²) in [5.41, 5.74) is 0.221. The van der Waals surface area contributed by atoms with Crippen LogP contribution in [0.15, 0.2) is 12.3 Å². The largest absolute Gasteiger partial charge is 0.390 e. The lowest BCUT2D eigenvalue weighted by Crippen LogP contribution is -2.48. The molecule has 2 rings (SSSR count). The minimum Gasteiger partial charge on any atom is -0.390 e. The van der Waals surface area contributed by atoms with Gasteiger partial charge in [0.2, 0.25) is 5.91 Å². The quantitative estimate of drug-likeness (QED) is 0.720. The summed E-state index contributed by atoms with van der Waals surface area (Å²) in [4.78, 5) is 11.9. The molecule has 0 bridgehead atoms. The lowest BCUT2D eigenvalue weighted by molar-refractivity contribution is -0.125. The highest BCUT2D eigenvalue weighted by Crippen LogP contribution is 2.49. The Morgan fingerprint density at radius 3 is 2.53 bits per heavy atom. The summed E-state index contributed by atoms with van der Waals surface area (Å²) < 4.78 is 0. The van der Waals surface area contributed by atoms with E-state index in [1.54, 1.807) is 0 Å². The van der Waals surface area contributed by atoms with Crippen LogP contribution in [0.2, 0.25) is 0 Å². The molecule has 1 saturated carbocycles. The van der Waals surface area contributed by atoms with Gasteiger partial charge >= 0.3 is 0 Å². The molecule has 2 N–H and O–H groups in total. The van der Waals surface area contributed by atoms with E-state index in [0.717, 1.165) is 19.4 Å². The standard InChI is InChI=1S/C12H20N2O/c1-11(2,3)12(5-6-12)14-10(15)9-4-7-13-8-9/h4,7,9,13H,5-6,8H2,1-3H3,(H,14,15). The molecular weight excluding hydrogens is 188 g/mol. The summed E-state index contributed by atoms with van der Waals surface area (Å²) in [7, 11) is 0. The summed E-state index contributed by atoms with van der Waals surface area (Å²) in [6, 6.07) is 0. The third kappa shape index (κ3) is 1.87. The number of carbonyl (C=O) groups is 1. The second-order valence-corrected chi connectivity index (χ2v) is 5.70. The Bertz CT molecular complexity index is 297. The second-order valence-electron chi connectivity index (χ2n) is 5.70. The van der Waals surface area contributed by atoms with Gasteiger partial charge in [-0.3, -0.25) is 4.79 Å². The monoisotopic (exact) mass is 208 g/mol. The van der Waals surface area contributed by atoms with Crippen molar-refractivity contribution in [3.63, 3.8) is 0 Å². The zero-order valence-electron chi connectivity index (χ0n) is 9.76. The highest BCUT2D eigenvalue weighted by atomic mass is 16.2. The Morgan fingerprint density at radius 2 is 2.13 bits per heavy atom. The van der Waals surface area contributed by atoms with Crippen molar-refractivity contribution in [2.24, 2.45) is 11.3 Å². The van der Waals surface area contributed by atoms with E-state index in [1.165, 1.54) is 0 Å². The zero-order valence-corrected chi connectivity index (χ0v) is 9.76. The first kappa shape index (κ1) is 10.5. The highest BCUT2D eigenvalue weighted by Gasteiger charge is 2.53. The van der Waals surface area contributed by atoms with Gasteiger partial charge in [0.05, 0.1) is 5.92 Å². The van der Waals surface area contributed by atoms with Crippen LogP contribution in [0, 0.1) is 11.3 Å². The SMILES string of the molecule is CC(C)(C)C1(NC(=O)C2C=CNC2)CC1. The molecule has 1 heterocycles. The third-order valence-corrected chi connectivity index (χ3v) is 3.67. The zero-order chi connectivity index (χ0) is 11.1. The summed E-state index contributed by atoms with van der Waals surface area (Å²) in [5.74, 6) is 0.188. The van der Waals surface area contributed by atoms with E-state index in [-0.39, 0.29) is 22.8 Å². The Kier molecular flexibility index (Phi) is 2.28. The van der Waals surface area contributed by atoms with Gasteiger partial charge < -0.3 is 10.6 Å². The van der Waals surface area contributed by atoms with E-state index in [1.807, 2.05) is 12.3 Å². The van der Waals surface area contributed by atoms with Crippen molar-refractivity contribution in [3.05, 3.63) is 12.3 Å². The molecule has 0 aromatic heterocycles. The fourth-order valence-electron chi connectivity index (χ4n) is 2.14. The molecule has 1 aliphatic heterocycles. The molecule has 1 aliphatic carbocycles. The van der Waals surface area contributed by atoms with Crippen molar-refractivity contribution in [1.82, 2.24) is 10.6 Å². The van der Waals surface area contributed by atoms with Crippen LogP contribution in [0.4, 0.5) is 0 Å². The predicted octanol–water partition coefficient (Wildman–Crippen LogP) is 1.41. The molecule has 1 atom stereocenters. The fraction of sp³-hybridized carbons (Fsp3) is 0.750. The van der Waals surface area contributed by atoms with Crippen LogP contribution in [0.5, 0.6) is 0 Å². The lowest BCUT2D eigenvalue weighted by atomic mass is 9.84. The number of hydrogen-bond acceptors (Lipinski definition) is 2. The summed E-state index contributed by atoms with van der Waals surface area (Å²) in [6.07, 6.45) is 6.03. The molecule has 2 aliphatic rings. The first-order chi connectivity index (χ1) is 6.95. The maximum Gasteiger partial charge on any atom is 0.229 e. The first-order valence-electron chi connectivity index (χ1n) is 5.67. The van der Waals surface area contributed by atoms with Crippen LogP contribution < -0.4 is 10.6 Å². The Hall–Kier alpha value is -0.990. The van der Waals surface area contributed by atoms with E-state index in [2.05, 4.69) is 31.4 Å². The number of rotatable bonds is 2. The van der Waals surface area contributed by atoms with Crippen LogP contribution in [0.3, 0.4) is 0 Å². The van der Waals surface area contributed by atoms with Crippen LogP contribution >= 0.6 is 0 Å². The molecule has 0 radical (unpaired) electrons. The van der Waals surface area contributed by atoms with Crippen LogP contribution in [0.25, 0.3) is 0 Å². The normalized spacial score (nSPS) is 27.3. The lowest BCUT2D eigenvalue weighted by Gasteiger charge is -2.32. The van der Waals surface area contributed by atoms with Gasteiger partial charge in [0.1, 0.15) is 0 Å². The van der Waals surface area contributed by atoms with E-state index >= 15 is 0 Å². The molecule has 15 heavy (non-hydrogen) atoms. The Morgan fingerprint density at radius 1 is 1.47 bits per heavy atom. The molecule has 84 valence electrons. The number of nitrogens with one attached hydrogen (secondary N) is 2. The van der Waals surface area contributed by atoms with Crippen LogP contribution in [-0.4, -0.2) is 18.0 Å². The Balaban J connectivity index is 1.97. The van der Waals surface area contributed by atoms with E-state index in [4.69, 9.17) is 0 Å². The minimum absolute atomic E-state index is 0.0184. The third-order valence-electron chi connectivity index (χ3n) is 3.67. The molecule has 1 unspecified atom stereocenters. The van der Waals surface area contributed by atoms with E-state index in [0.29, 0.717) is 0 Å². The van der Waals surface area contributed by atoms with Crippen molar-refractivity contribution >= 4 is 5.91 Å². The maximum absolute atomic E-state index is 11.9. The summed E-state index contributed by atoms with van der Waals surface area (Å²) in [6.45, 7) is 7.33. The van der Waals surface area contributed by atoms with Crippen molar-refractivity contribution in [3.8, 4) is 0 Å². The van der Waals surface area contributed by atoms with Gasteiger partial charge in [0.25, 0.3) is 0 Å². The number of hydrogen-bond donors (Lipinski definition) is 2. The molecular formula is C12H20N2O. The second kappa shape index (κ2) is 3.26. The molecule has 0 saturated heterocycles. The van der Waals surface area contributed by atoms with Gasteiger partial charge in [-0.25, -0.2) is 0 Å². The minimum atomic E-state index is 0.0184. The predicted molar refractivity (Wildman–Crippen MR) is 60.2 cm³/mol. The van der Waals surface area contributed by atoms with E-state index in [9.17, 15) is 4.79 Å². The molecule has 3 heteroatoms. The van der Waals surface area contributed by atoms with Gasteiger partial charge in [0, 0.05) is 12.1 Å². The van der Waals surface area contributed by atoms with Gasteiger partial charge in [0.15, 0.2) is 0 Å². The molecule has 0 aromatic rings. The molecule has 1 amide bonds. The summed E-state index contributed by atoms with van der Waals surface area (Å²) >= 11 is 0. The number of carbonyl (C=O) groups excluding carboxylic acids is 1.